The molecule has 0 atom stereocenters. The first kappa shape index (κ1) is 24.6. The van der Waals surface area contributed by atoms with Crippen molar-refractivity contribution in [2.75, 3.05) is 24.3 Å². The summed E-state index contributed by atoms with van der Waals surface area (Å²) < 4.78 is 10.2. The predicted molar refractivity (Wildman–Crippen MR) is 134 cm³/mol. The van der Waals surface area contributed by atoms with Crippen LogP contribution in [-0.2, 0) is 27.1 Å². The Kier molecular flexibility index (Phi) is 7.54. The summed E-state index contributed by atoms with van der Waals surface area (Å²) in [4.78, 5) is 49.6. The molecular formula is C23H25N3O5S3. The van der Waals surface area contributed by atoms with Crippen LogP contribution >= 0.6 is 34.4 Å². The lowest BCUT2D eigenvalue weighted by molar-refractivity contribution is -0.113. The van der Waals surface area contributed by atoms with Crippen molar-refractivity contribution in [1.82, 2.24) is 9.97 Å². The second-order valence-electron chi connectivity index (χ2n) is 7.65. The third kappa shape index (κ3) is 4.82. The van der Waals surface area contributed by atoms with E-state index in [0.29, 0.717) is 11.4 Å². The smallest absolute Gasteiger partial charge is 0.348 e. The minimum atomic E-state index is -0.586. The number of ether oxygens (including phenoxy) is 2. The Morgan fingerprint density at radius 3 is 2.50 bits per heavy atom. The quantitative estimate of drug-likeness (QED) is 0.253. The SMILES string of the molecule is CCOC(=O)c1sc(NC(=O)CSc2nc(C)nc3sc4c(c23)CCC4)c(C(=O)OCC)c1C. The number of aromatic nitrogens is 2. The van der Waals surface area contributed by atoms with Crippen LogP contribution in [0.4, 0.5) is 5.00 Å². The summed E-state index contributed by atoms with van der Waals surface area (Å²) in [5.41, 5.74) is 1.93. The Hall–Kier alpha value is -2.50. The van der Waals surface area contributed by atoms with E-state index >= 15 is 0 Å². The normalized spacial score (nSPS) is 12.6. The van der Waals surface area contributed by atoms with Crippen molar-refractivity contribution in [3.63, 3.8) is 0 Å². The Morgan fingerprint density at radius 1 is 1.03 bits per heavy atom. The first-order chi connectivity index (χ1) is 16.3. The maximum Gasteiger partial charge on any atom is 0.348 e. The molecule has 0 aliphatic heterocycles. The molecule has 180 valence electrons. The molecule has 11 heteroatoms. The average molecular weight is 520 g/mol. The number of esters is 2. The monoisotopic (exact) mass is 519 g/mol. The molecule has 0 saturated carbocycles. The number of nitrogens with zero attached hydrogens (tertiary/aromatic N) is 2. The van der Waals surface area contributed by atoms with Crippen molar-refractivity contribution >= 4 is 67.5 Å². The summed E-state index contributed by atoms with van der Waals surface area (Å²) in [6, 6.07) is 0. The molecule has 0 bridgehead atoms. The molecule has 34 heavy (non-hydrogen) atoms. The van der Waals surface area contributed by atoms with Gasteiger partial charge in [0.05, 0.1) is 24.5 Å². The molecule has 1 N–H and O–H groups in total. The zero-order valence-electron chi connectivity index (χ0n) is 19.4. The fourth-order valence-corrected chi connectivity index (χ4v) is 7.28. The molecule has 1 aliphatic carbocycles. The number of carbonyl (C=O) groups excluding carboxylic acids is 3. The van der Waals surface area contributed by atoms with Gasteiger partial charge in [-0.1, -0.05) is 11.8 Å². The first-order valence-electron chi connectivity index (χ1n) is 11.0. The van der Waals surface area contributed by atoms with E-state index < -0.39 is 11.9 Å². The van der Waals surface area contributed by atoms with E-state index in [9.17, 15) is 14.4 Å². The topological polar surface area (TPSA) is 107 Å². The zero-order valence-corrected chi connectivity index (χ0v) is 21.9. The summed E-state index contributed by atoms with van der Waals surface area (Å²) >= 11 is 4.09. The Balaban J connectivity index is 1.56. The van der Waals surface area contributed by atoms with Crippen LogP contribution in [0.1, 0.15) is 62.1 Å². The van der Waals surface area contributed by atoms with E-state index in [0.717, 1.165) is 45.8 Å². The minimum Gasteiger partial charge on any atom is -0.462 e. The number of carbonyl (C=O) groups is 3. The van der Waals surface area contributed by atoms with Crippen LogP contribution in [0.3, 0.4) is 0 Å². The molecule has 1 aliphatic rings. The number of nitrogens with one attached hydrogen (secondary N) is 1. The highest BCUT2D eigenvalue weighted by Crippen LogP contribution is 2.40. The van der Waals surface area contributed by atoms with Crippen molar-refractivity contribution in [3.05, 3.63) is 32.3 Å². The second-order valence-corrected chi connectivity index (χ2v) is 10.7. The second kappa shape index (κ2) is 10.4. The van der Waals surface area contributed by atoms with Gasteiger partial charge in [-0.2, -0.15) is 0 Å². The van der Waals surface area contributed by atoms with E-state index in [-0.39, 0.29) is 40.3 Å². The number of aryl methyl sites for hydroxylation is 3. The molecule has 0 unspecified atom stereocenters. The van der Waals surface area contributed by atoms with Crippen molar-refractivity contribution < 1.29 is 23.9 Å². The molecule has 0 saturated heterocycles. The number of fused-ring (bicyclic) bond motifs is 3. The molecule has 3 aromatic heterocycles. The van der Waals surface area contributed by atoms with Crippen molar-refractivity contribution in [2.45, 2.75) is 52.0 Å². The summed E-state index contributed by atoms with van der Waals surface area (Å²) in [5.74, 6) is -0.645. The molecule has 8 nitrogen and oxygen atoms in total. The van der Waals surface area contributed by atoms with Gasteiger partial charge in [-0.15, -0.1) is 22.7 Å². The number of hydrogen-bond acceptors (Lipinski definition) is 10. The highest BCUT2D eigenvalue weighted by molar-refractivity contribution is 8.00. The van der Waals surface area contributed by atoms with Gasteiger partial charge in [0.2, 0.25) is 5.91 Å². The molecule has 3 aromatic rings. The van der Waals surface area contributed by atoms with E-state index in [1.54, 1.807) is 32.1 Å². The van der Waals surface area contributed by atoms with Gasteiger partial charge in [-0.05, 0) is 58.1 Å². The maximum absolute atomic E-state index is 12.9. The summed E-state index contributed by atoms with van der Waals surface area (Å²) in [6.07, 6.45) is 3.21. The molecule has 0 fully saturated rings. The molecule has 4 rings (SSSR count). The summed E-state index contributed by atoms with van der Waals surface area (Å²) in [7, 11) is 0. The van der Waals surface area contributed by atoms with E-state index in [4.69, 9.17) is 9.47 Å². The van der Waals surface area contributed by atoms with Gasteiger partial charge < -0.3 is 14.8 Å². The Bertz CT molecular complexity index is 1280. The number of thiophene rings is 2. The van der Waals surface area contributed by atoms with E-state index in [2.05, 4.69) is 15.3 Å². The summed E-state index contributed by atoms with van der Waals surface area (Å²) in [6.45, 7) is 7.30. The fourth-order valence-electron chi connectivity index (χ4n) is 3.91. The number of thioether (sulfide) groups is 1. The van der Waals surface area contributed by atoms with Crippen LogP contribution in [0.15, 0.2) is 5.03 Å². The van der Waals surface area contributed by atoms with Gasteiger partial charge in [0.1, 0.15) is 25.6 Å². The Morgan fingerprint density at radius 2 is 1.76 bits per heavy atom. The van der Waals surface area contributed by atoms with Gasteiger partial charge in [0, 0.05) is 10.3 Å². The van der Waals surface area contributed by atoms with Gasteiger partial charge in [0.25, 0.3) is 0 Å². The lowest BCUT2D eigenvalue weighted by atomic mass is 10.1. The number of hydrogen-bond donors (Lipinski definition) is 1. The molecule has 0 aromatic carbocycles. The number of anilines is 1. The van der Waals surface area contributed by atoms with Crippen LogP contribution < -0.4 is 5.32 Å². The van der Waals surface area contributed by atoms with Crippen molar-refractivity contribution in [2.24, 2.45) is 0 Å². The van der Waals surface area contributed by atoms with Crippen molar-refractivity contribution in [3.8, 4) is 0 Å². The van der Waals surface area contributed by atoms with Crippen molar-refractivity contribution in [1.29, 1.82) is 0 Å². The zero-order chi connectivity index (χ0) is 24.4. The van der Waals surface area contributed by atoms with Crippen LogP contribution in [0.5, 0.6) is 0 Å². The highest BCUT2D eigenvalue weighted by Gasteiger charge is 2.28. The lowest BCUT2D eigenvalue weighted by Crippen LogP contribution is -2.16. The third-order valence-electron chi connectivity index (χ3n) is 5.32. The molecule has 0 radical (unpaired) electrons. The molecule has 3 heterocycles. The van der Waals surface area contributed by atoms with Crippen LogP contribution in [0.25, 0.3) is 10.2 Å². The van der Waals surface area contributed by atoms with Crippen LogP contribution in [0, 0.1) is 13.8 Å². The Labute approximate surface area is 209 Å². The lowest BCUT2D eigenvalue weighted by Gasteiger charge is -2.08. The fraction of sp³-hybridized carbons (Fsp3) is 0.435. The van der Waals surface area contributed by atoms with Gasteiger partial charge in [-0.3, -0.25) is 4.79 Å². The van der Waals surface area contributed by atoms with Crippen LogP contribution in [-0.4, -0.2) is 46.8 Å². The summed E-state index contributed by atoms with van der Waals surface area (Å²) in [5, 5.41) is 4.94. The van der Waals surface area contributed by atoms with Gasteiger partial charge in [-0.25, -0.2) is 19.6 Å². The minimum absolute atomic E-state index is 0.101. The molecule has 0 spiro atoms. The molecular weight excluding hydrogens is 494 g/mol. The highest BCUT2D eigenvalue weighted by atomic mass is 32.2. The van der Waals surface area contributed by atoms with Gasteiger partial charge in [0.15, 0.2) is 0 Å². The van der Waals surface area contributed by atoms with E-state index in [1.165, 1.54) is 22.2 Å². The van der Waals surface area contributed by atoms with Gasteiger partial charge >= 0.3 is 11.9 Å². The first-order valence-corrected chi connectivity index (χ1v) is 13.6. The largest absolute Gasteiger partial charge is 0.462 e. The number of rotatable bonds is 8. The van der Waals surface area contributed by atoms with E-state index in [1.807, 2.05) is 6.92 Å². The standard InChI is InChI=1S/C23H25N3O5S3/c1-5-30-22(28)16-11(3)18(23(29)31-6-2)34-20(16)26-15(27)10-32-19-17-13-8-7-9-14(13)33-21(17)25-12(4)24-19/h5-10H2,1-4H3,(H,26,27). The average Bonchev–Trinajstić information content (AvgIpc) is 3.45. The third-order valence-corrected chi connectivity index (χ3v) is 8.67. The maximum atomic E-state index is 12.9. The van der Waals surface area contributed by atoms with Crippen LogP contribution in [0.2, 0.25) is 0 Å². The molecule has 1 amide bonds. The predicted octanol–water partition coefficient (Wildman–Crippen LogP) is 4.94. The number of amides is 1.